The lowest BCUT2D eigenvalue weighted by Gasteiger charge is -2.15. The largest absolute Gasteiger partial charge is 0.467 e. The Hall–Kier alpha value is -3.09. The lowest BCUT2D eigenvalue weighted by molar-refractivity contribution is -0.128. The highest BCUT2D eigenvalue weighted by Gasteiger charge is 2.20. The fourth-order valence-electron chi connectivity index (χ4n) is 2.78. The van der Waals surface area contributed by atoms with Gasteiger partial charge in [-0.05, 0) is 36.2 Å². The molecule has 0 bridgehead atoms. The zero-order valence-electron chi connectivity index (χ0n) is 14.4. The molecule has 2 N–H and O–H groups in total. The van der Waals surface area contributed by atoms with Gasteiger partial charge in [0, 0.05) is 25.1 Å². The topological polar surface area (TPSA) is 91.7 Å². The molecule has 0 unspecified atom stereocenters. The van der Waals surface area contributed by atoms with Crippen LogP contribution in [0.3, 0.4) is 0 Å². The molecule has 1 fully saturated rings. The van der Waals surface area contributed by atoms with E-state index < -0.39 is 0 Å². The van der Waals surface area contributed by atoms with E-state index in [-0.39, 0.29) is 30.8 Å². The molecule has 1 aliphatic heterocycles. The number of hydrogen-bond donors (Lipinski definition) is 2. The summed E-state index contributed by atoms with van der Waals surface area (Å²) in [5.41, 5.74) is 1.45. The van der Waals surface area contributed by atoms with Crippen molar-refractivity contribution >= 4 is 17.7 Å². The number of amides is 3. The summed E-state index contributed by atoms with van der Waals surface area (Å²) in [6.07, 6.45) is 3.05. The molecular weight excluding hydrogens is 334 g/mol. The minimum atomic E-state index is -0.318. The van der Waals surface area contributed by atoms with E-state index in [1.165, 1.54) is 6.26 Å². The van der Waals surface area contributed by atoms with Crippen molar-refractivity contribution in [2.24, 2.45) is 0 Å². The van der Waals surface area contributed by atoms with E-state index >= 15 is 0 Å². The zero-order valence-corrected chi connectivity index (χ0v) is 14.4. The second kappa shape index (κ2) is 8.33. The Labute approximate surface area is 151 Å². The Bertz CT molecular complexity index is 769. The van der Waals surface area contributed by atoms with Crippen molar-refractivity contribution in [3.05, 3.63) is 59.5 Å². The van der Waals surface area contributed by atoms with E-state index in [1.807, 2.05) is 17.0 Å². The third-order valence-corrected chi connectivity index (χ3v) is 4.21. The summed E-state index contributed by atoms with van der Waals surface area (Å²) in [4.78, 5) is 37.3. The maximum absolute atomic E-state index is 12.1. The summed E-state index contributed by atoms with van der Waals surface area (Å²) in [6.45, 7) is 1.53. The molecule has 0 saturated carbocycles. The molecular formula is C19H21N3O4. The van der Waals surface area contributed by atoms with Gasteiger partial charge in [-0.2, -0.15) is 0 Å². The van der Waals surface area contributed by atoms with Crippen molar-refractivity contribution in [1.29, 1.82) is 0 Å². The standard InChI is InChI=1S/C19H21N3O4/c23-17(20-11-16-3-2-10-26-16)12-21-19(25)15-7-5-14(6-8-15)13-22-9-1-4-18(22)24/h2-3,5-8,10H,1,4,9,11-13H2,(H,20,23)(H,21,25). The number of hydrogen-bond acceptors (Lipinski definition) is 4. The Morgan fingerprint density at radius 3 is 2.58 bits per heavy atom. The van der Waals surface area contributed by atoms with Crippen LogP contribution < -0.4 is 10.6 Å². The van der Waals surface area contributed by atoms with Gasteiger partial charge in [-0.25, -0.2) is 0 Å². The summed E-state index contributed by atoms with van der Waals surface area (Å²) in [7, 11) is 0. The van der Waals surface area contributed by atoms with Crippen LogP contribution in [0.2, 0.25) is 0 Å². The van der Waals surface area contributed by atoms with Gasteiger partial charge in [-0.3, -0.25) is 14.4 Å². The second-order valence-electron chi connectivity index (χ2n) is 6.15. The van der Waals surface area contributed by atoms with Gasteiger partial charge in [-0.15, -0.1) is 0 Å². The van der Waals surface area contributed by atoms with Crippen LogP contribution in [0, 0.1) is 0 Å². The minimum Gasteiger partial charge on any atom is -0.467 e. The average Bonchev–Trinajstić information content (AvgIpc) is 3.31. The van der Waals surface area contributed by atoms with Crippen LogP contribution in [0.4, 0.5) is 0 Å². The molecule has 3 rings (SSSR count). The lowest BCUT2D eigenvalue weighted by atomic mass is 10.1. The van der Waals surface area contributed by atoms with Gasteiger partial charge in [0.25, 0.3) is 5.91 Å². The molecule has 3 amide bonds. The smallest absolute Gasteiger partial charge is 0.251 e. The summed E-state index contributed by atoms with van der Waals surface area (Å²) < 4.78 is 5.12. The molecule has 0 spiro atoms. The first-order valence-electron chi connectivity index (χ1n) is 8.56. The Morgan fingerprint density at radius 1 is 1.12 bits per heavy atom. The molecule has 0 atom stereocenters. The lowest BCUT2D eigenvalue weighted by Crippen LogP contribution is -2.36. The Kier molecular flexibility index (Phi) is 5.68. The summed E-state index contributed by atoms with van der Waals surface area (Å²) in [5, 5.41) is 5.24. The van der Waals surface area contributed by atoms with E-state index in [0.29, 0.717) is 24.3 Å². The second-order valence-corrected chi connectivity index (χ2v) is 6.15. The summed E-state index contributed by atoms with van der Waals surface area (Å²) in [6, 6.07) is 10.6. The molecule has 136 valence electrons. The predicted molar refractivity (Wildman–Crippen MR) is 94.0 cm³/mol. The number of carbonyl (C=O) groups is 3. The van der Waals surface area contributed by atoms with Gasteiger partial charge in [0.2, 0.25) is 11.8 Å². The summed E-state index contributed by atoms with van der Waals surface area (Å²) in [5.74, 6) is 0.213. The molecule has 0 aliphatic carbocycles. The van der Waals surface area contributed by atoms with E-state index in [0.717, 1.165) is 18.5 Å². The first-order valence-corrected chi connectivity index (χ1v) is 8.56. The van der Waals surface area contributed by atoms with Crippen LogP contribution in [-0.4, -0.2) is 35.7 Å². The zero-order chi connectivity index (χ0) is 18.4. The van der Waals surface area contributed by atoms with Gasteiger partial charge < -0.3 is 20.0 Å². The number of benzene rings is 1. The predicted octanol–water partition coefficient (Wildman–Crippen LogP) is 1.45. The molecule has 7 nitrogen and oxygen atoms in total. The van der Waals surface area contributed by atoms with Crippen molar-refractivity contribution in [3.8, 4) is 0 Å². The first kappa shape index (κ1) is 17.7. The fraction of sp³-hybridized carbons (Fsp3) is 0.316. The van der Waals surface area contributed by atoms with Gasteiger partial charge in [0.15, 0.2) is 0 Å². The normalized spacial score (nSPS) is 13.7. The van der Waals surface area contributed by atoms with Crippen molar-refractivity contribution in [2.45, 2.75) is 25.9 Å². The van der Waals surface area contributed by atoms with Crippen LogP contribution >= 0.6 is 0 Å². The maximum Gasteiger partial charge on any atom is 0.251 e. The number of nitrogens with zero attached hydrogens (tertiary/aromatic N) is 1. The van der Waals surface area contributed by atoms with Gasteiger partial charge in [0.05, 0.1) is 19.4 Å². The van der Waals surface area contributed by atoms with Crippen LogP contribution in [-0.2, 0) is 22.7 Å². The number of nitrogens with one attached hydrogen (secondary N) is 2. The van der Waals surface area contributed by atoms with Crippen molar-refractivity contribution in [3.63, 3.8) is 0 Å². The van der Waals surface area contributed by atoms with Crippen molar-refractivity contribution < 1.29 is 18.8 Å². The highest BCUT2D eigenvalue weighted by Crippen LogP contribution is 2.14. The molecule has 2 heterocycles. The van der Waals surface area contributed by atoms with Crippen molar-refractivity contribution in [1.82, 2.24) is 15.5 Å². The number of likely N-dealkylation sites (tertiary alicyclic amines) is 1. The third kappa shape index (κ3) is 4.72. The highest BCUT2D eigenvalue weighted by molar-refractivity contribution is 5.96. The van der Waals surface area contributed by atoms with Crippen LogP contribution in [0.5, 0.6) is 0 Å². The molecule has 26 heavy (non-hydrogen) atoms. The summed E-state index contributed by atoms with van der Waals surface area (Å²) >= 11 is 0. The minimum absolute atomic E-state index is 0.108. The Balaban J connectivity index is 1.44. The number of furan rings is 1. The first-order chi connectivity index (χ1) is 12.6. The molecule has 1 saturated heterocycles. The SMILES string of the molecule is O=C(CNC(=O)c1ccc(CN2CCCC2=O)cc1)NCc1ccco1. The quantitative estimate of drug-likeness (QED) is 0.786. The average molecular weight is 355 g/mol. The highest BCUT2D eigenvalue weighted by atomic mass is 16.3. The van der Waals surface area contributed by atoms with Crippen molar-refractivity contribution in [2.75, 3.05) is 13.1 Å². The third-order valence-electron chi connectivity index (χ3n) is 4.21. The van der Waals surface area contributed by atoms with E-state index in [4.69, 9.17) is 4.42 Å². The molecule has 2 aromatic rings. The Morgan fingerprint density at radius 2 is 1.92 bits per heavy atom. The van der Waals surface area contributed by atoms with Crippen LogP contribution in [0.1, 0.15) is 34.5 Å². The van der Waals surface area contributed by atoms with E-state index in [2.05, 4.69) is 10.6 Å². The molecule has 1 aliphatic rings. The molecule has 1 aromatic carbocycles. The van der Waals surface area contributed by atoms with Gasteiger partial charge in [0.1, 0.15) is 5.76 Å². The fourth-order valence-corrected chi connectivity index (χ4v) is 2.78. The molecule has 1 aromatic heterocycles. The monoisotopic (exact) mass is 355 g/mol. The van der Waals surface area contributed by atoms with E-state index in [1.54, 1.807) is 24.3 Å². The maximum atomic E-state index is 12.1. The van der Waals surface area contributed by atoms with Crippen LogP contribution in [0.25, 0.3) is 0 Å². The van der Waals surface area contributed by atoms with Gasteiger partial charge >= 0.3 is 0 Å². The molecule has 0 radical (unpaired) electrons. The number of carbonyl (C=O) groups excluding carboxylic acids is 3. The van der Waals surface area contributed by atoms with Gasteiger partial charge in [-0.1, -0.05) is 12.1 Å². The number of rotatable bonds is 7. The van der Waals surface area contributed by atoms with E-state index in [9.17, 15) is 14.4 Å². The molecule has 7 heteroatoms. The van der Waals surface area contributed by atoms with Crippen LogP contribution in [0.15, 0.2) is 47.1 Å².